The van der Waals surface area contributed by atoms with Gasteiger partial charge >= 0.3 is 6.03 Å². The number of amides is 3. The summed E-state index contributed by atoms with van der Waals surface area (Å²) in [5.74, 6) is 0.349. The fourth-order valence-electron chi connectivity index (χ4n) is 1.52. The number of carbonyl (C=O) groups excluding carboxylic acids is 2. The van der Waals surface area contributed by atoms with Gasteiger partial charge in [-0.15, -0.1) is 0 Å². The predicted octanol–water partition coefficient (Wildman–Crippen LogP) is -0.725. The van der Waals surface area contributed by atoms with E-state index < -0.39 is 0 Å². The second-order valence-corrected chi connectivity index (χ2v) is 3.66. The van der Waals surface area contributed by atoms with Gasteiger partial charge < -0.3 is 11.1 Å². The van der Waals surface area contributed by atoms with Crippen molar-refractivity contribution in [3.63, 3.8) is 0 Å². The van der Waals surface area contributed by atoms with Crippen LogP contribution in [0.15, 0.2) is 0 Å². The minimum absolute atomic E-state index is 0.0344. The second kappa shape index (κ2) is 2.99. The van der Waals surface area contributed by atoms with E-state index in [-0.39, 0.29) is 24.5 Å². The Morgan fingerprint density at radius 2 is 2.23 bits per heavy atom. The summed E-state index contributed by atoms with van der Waals surface area (Å²) in [5, 5.41) is 2.47. The van der Waals surface area contributed by atoms with E-state index in [0.717, 1.165) is 12.8 Å². The van der Waals surface area contributed by atoms with E-state index in [4.69, 9.17) is 5.73 Å². The van der Waals surface area contributed by atoms with Gasteiger partial charge in [0.1, 0.15) is 0 Å². The summed E-state index contributed by atoms with van der Waals surface area (Å²) in [6, 6.07) is -0.339. The van der Waals surface area contributed by atoms with Crippen molar-refractivity contribution >= 4 is 11.9 Å². The lowest BCUT2D eigenvalue weighted by Gasteiger charge is -2.17. The van der Waals surface area contributed by atoms with Gasteiger partial charge in [-0.2, -0.15) is 0 Å². The first-order valence-corrected chi connectivity index (χ1v) is 4.52. The molecule has 1 unspecified atom stereocenters. The lowest BCUT2D eigenvalue weighted by Crippen LogP contribution is -2.42. The third-order valence-corrected chi connectivity index (χ3v) is 2.56. The Morgan fingerprint density at radius 3 is 2.69 bits per heavy atom. The molecule has 0 aromatic rings. The fourth-order valence-corrected chi connectivity index (χ4v) is 1.52. The van der Waals surface area contributed by atoms with Crippen molar-refractivity contribution in [1.82, 2.24) is 10.2 Å². The van der Waals surface area contributed by atoms with E-state index in [0.29, 0.717) is 12.5 Å². The summed E-state index contributed by atoms with van der Waals surface area (Å²) in [6.45, 7) is 0.492. The third kappa shape index (κ3) is 1.65. The maximum absolute atomic E-state index is 11.2. The Balaban J connectivity index is 1.91. The molecule has 0 bridgehead atoms. The molecular weight excluding hydrogens is 170 g/mol. The summed E-state index contributed by atoms with van der Waals surface area (Å²) >= 11 is 0. The number of hydrogen-bond acceptors (Lipinski definition) is 3. The lowest BCUT2D eigenvalue weighted by molar-refractivity contribution is -0.125. The maximum Gasteiger partial charge on any atom is 0.324 e. The molecule has 1 aliphatic heterocycles. The van der Waals surface area contributed by atoms with Crippen molar-refractivity contribution in [1.29, 1.82) is 0 Å². The maximum atomic E-state index is 11.2. The number of nitrogens with zero attached hydrogens (tertiary/aromatic N) is 1. The Kier molecular flexibility index (Phi) is 1.95. The highest BCUT2D eigenvalue weighted by Crippen LogP contribution is 2.31. The van der Waals surface area contributed by atoms with Crippen molar-refractivity contribution in [2.45, 2.75) is 18.9 Å². The summed E-state index contributed by atoms with van der Waals surface area (Å²) < 4.78 is 0. The van der Waals surface area contributed by atoms with E-state index in [1.54, 1.807) is 0 Å². The largest absolute Gasteiger partial charge is 0.329 e. The van der Waals surface area contributed by atoms with Gasteiger partial charge in [-0.3, -0.25) is 9.69 Å². The molecule has 2 rings (SSSR count). The number of urea groups is 1. The molecule has 0 aromatic heterocycles. The second-order valence-electron chi connectivity index (χ2n) is 3.66. The quantitative estimate of drug-likeness (QED) is 0.567. The number of carbonyl (C=O) groups is 2. The van der Waals surface area contributed by atoms with Crippen LogP contribution in [0.1, 0.15) is 12.8 Å². The molecule has 1 atom stereocenters. The molecule has 3 N–H and O–H groups in total. The van der Waals surface area contributed by atoms with Gasteiger partial charge in [-0.1, -0.05) is 0 Å². The molecule has 0 aromatic carbocycles. The zero-order valence-electron chi connectivity index (χ0n) is 7.32. The van der Waals surface area contributed by atoms with Crippen molar-refractivity contribution in [2.24, 2.45) is 11.7 Å². The number of rotatable bonds is 3. The minimum Gasteiger partial charge on any atom is -0.329 e. The van der Waals surface area contributed by atoms with Crippen LogP contribution >= 0.6 is 0 Å². The molecule has 3 amide bonds. The van der Waals surface area contributed by atoms with Crippen LogP contribution in [0.2, 0.25) is 0 Å². The summed E-state index contributed by atoms with van der Waals surface area (Å²) in [6.07, 6.45) is 2.26. The number of nitrogens with one attached hydrogen (secondary N) is 1. The molecule has 0 spiro atoms. The summed E-state index contributed by atoms with van der Waals surface area (Å²) in [5.41, 5.74) is 5.81. The average molecular weight is 183 g/mol. The monoisotopic (exact) mass is 183 g/mol. The van der Waals surface area contributed by atoms with Crippen LogP contribution in [0, 0.1) is 5.92 Å². The molecule has 1 aliphatic carbocycles. The molecule has 2 aliphatic rings. The smallest absolute Gasteiger partial charge is 0.324 e. The lowest BCUT2D eigenvalue weighted by atomic mass is 10.2. The standard InChI is InChI=1S/C8H13N3O2/c9-6(5-1-2-5)4-11-7(12)3-10-8(11)13/h5-6H,1-4,9H2,(H,10,13). The highest BCUT2D eigenvalue weighted by molar-refractivity contribution is 6.01. The average Bonchev–Trinajstić information content (AvgIpc) is 2.88. The highest BCUT2D eigenvalue weighted by atomic mass is 16.2. The molecule has 72 valence electrons. The number of imide groups is 1. The highest BCUT2D eigenvalue weighted by Gasteiger charge is 2.35. The van der Waals surface area contributed by atoms with Gasteiger partial charge in [-0.25, -0.2) is 4.79 Å². The molecule has 5 nitrogen and oxygen atoms in total. The first kappa shape index (κ1) is 8.50. The van der Waals surface area contributed by atoms with Gasteiger partial charge in [0.15, 0.2) is 0 Å². The predicted molar refractivity (Wildman–Crippen MR) is 45.8 cm³/mol. The van der Waals surface area contributed by atoms with Gasteiger partial charge in [0.25, 0.3) is 0 Å². The van der Waals surface area contributed by atoms with Crippen LogP contribution in [0.4, 0.5) is 4.79 Å². The van der Waals surface area contributed by atoms with Crippen LogP contribution in [-0.4, -0.2) is 36.0 Å². The molecule has 1 saturated carbocycles. The zero-order chi connectivity index (χ0) is 9.42. The Morgan fingerprint density at radius 1 is 1.54 bits per heavy atom. The molecule has 0 radical (unpaired) electrons. The van der Waals surface area contributed by atoms with E-state index in [1.165, 1.54) is 4.90 Å². The van der Waals surface area contributed by atoms with Crippen molar-refractivity contribution in [2.75, 3.05) is 13.1 Å². The minimum atomic E-state index is -0.305. The van der Waals surface area contributed by atoms with Gasteiger partial charge in [0.05, 0.1) is 6.54 Å². The van der Waals surface area contributed by atoms with E-state index >= 15 is 0 Å². The van der Waals surface area contributed by atoms with Crippen LogP contribution in [-0.2, 0) is 4.79 Å². The molecular formula is C8H13N3O2. The molecule has 1 saturated heterocycles. The molecule has 1 heterocycles. The Bertz CT molecular complexity index is 234. The van der Waals surface area contributed by atoms with Crippen LogP contribution in [0.3, 0.4) is 0 Å². The number of nitrogens with two attached hydrogens (primary N) is 1. The summed E-state index contributed by atoms with van der Waals surface area (Å²) in [4.78, 5) is 23.5. The van der Waals surface area contributed by atoms with Gasteiger partial charge in [-0.05, 0) is 18.8 Å². The summed E-state index contributed by atoms with van der Waals surface area (Å²) in [7, 11) is 0. The molecule has 13 heavy (non-hydrogen) atoms. The van der Waals surface area contributed by atoms with Crippen molar-refractivity contribution < 1.29 is 9.59 Å². The first-order valence-electron chi connectivity index (χ1n) is 4.52. The topological polar surface area (TPSA) is 75.4 Å². The van der Waals surface area contributed by atoms with Gasteiger partial charge in [0, 0.05) is 12.6 Å². The van der Waals surface area contributed by atoms with Crippen LogP contribution in [0.25, 0.3) is 0 Å². The number of hydrogen-bond donors (Lipinski definition) is 2. The SMILES string of the molecule is NC(CN1C(=O)CNC1=O)C1CC1. The van der Waals surface area contributed by atoms with E-state index in [1.807, 2.05) is 0 Å². The molecule has 5 heteroatoms. The third-order valence-electron chi connectivity index (χ3n) is 2.56. The molecule has 2 fully saturated rings. The van der Waals surface area contributed by atoms with Crippen LogP contribution in [0.5, 0.6) is 0 Å². The Hall–Kier alpha value is -1.10. The normalized spacial score (nSPS) is 24.8. The zero-order valence-corrected chi connectivity index (χ0v) is 7.32. The fraction of sp³-hybridized carbons (Fsp3) is 0.750. The van der Waals surface area contributed by atoms with Crippen molar-refractivity contribution in [3.8, 4) is 0 Å². The van der Waals surface area contributed by atoms with E-state index in [2.05, 4.69) is 5.32 Å². The van der Waals surface area contributed by atoms with E-state index in [9.17, 15) is 9.59 Å². The van der Waals surface area contributed by atoms with Gasteiger partial charge in [0.2, 0.25) is 5.91 Å². The Labute approximate surface area is 76.3 Å². The van der Waals surface area contributed by atoms with Crippen molar-refractivity contribution in [3.05, 3.63) is 0 Å². The van der Waals surface area contributed by atoms with Crippen LogP contribution < -0.4 is 11.1 Å². The first-order chi connectivity index (χ1) is 6.18.